The Labute approximate surface area is 107 Å². The Hall–Kier alpha value is -1.51. The van der Waals surface area contributed by atoms with Gasteiger partial charge in [0, 0.05) is 20.2 Å². The van der Waals surface area contributed by atoms with Gasteiger partial charge in [-0.2, -0.15) is 13.2 Å². The standard InChI is InChI=1S/C10H15F3N2O4/c1-19-7-2-3-14(4-7)9(18)15(5-8(16)17)6-10(11,12)13/h7H,2-6H2,1H3,(H,16,17). The zero-order valence-corrected chi connectivity index (χ0v) is 10.3. The third kappa shape index (κ3) is 4.93. The summed E-state index contributed by atoms with van der Waals surface area (Å²) >= 11 is 0. The number of hydrogen-bond donors (Lipinski definition) is 1. The highest BCUT2D eigenvalue weighted by molar-refractivity contribution is 5.80. The van der Waals surface area contributed by atoms with Crippen molar-refractivity contribution in [1.29, 1.82) is 0 Å². The number of nitrogens with zero attached hydrogens (tertiary/aromatic N) is 2. The molecule has 1 fully saturated rings. The van der Waals surface area contributed by atoms with Crippen molar-refractivity contribution in [3.05, 3.63) is 0 Å². The lowest BCUT2D eigenvalue weighted by Crippen LogP contribution is -2.48. The second kappa shape index (κ2) is 6.09. The number of amides is 2. The number of hydrogen-bond acceptors (Lipinski definition) is 3. The van der Waals surface area contributed by atoms with Gasteiger partial charge < -0.3 is 19.6 Å². The Morgan fingerprint density at radius 2 is 2.11 bits per heavy atom. The third-order valence-electron chi connectivity index (χ3n) is 2.72. The van der Waals surface area contributed by atoms with Crippen LogP contribution in [-0.4, -0.2) is 72.5 Å². The summed E-state index contributed by atoms with van der Waals surface area (Å²) in [4.78, 5) is 23.8. The van der Waals surface area contributed by atoms with Crippen LogP contribution < -0.4 is 0 Å². The molecule has 0 radical (unpaired) electrons. The molecule has 1 heterocycles. The van der Waals surface area contributed by atoms with E-state index >= 15 is 0 Å². The molecule has 110 valence electrons. The fourth-order valence-electron chi connectivity index (χ4n) is 1.87. The van der Waals surface area contributed by atoms with Crippen molar-refractivity contribution in [3.63, 3.8) is 0 Å². The normalized spacial score (nSPS) is 19.6. The maximum Gasteiger partial charge on any atom is 0.406 e. The topological polar surface area (TPSA) is 70.1 Å². The number of rotatable bonds is 4. The van der Waals surface area contributed by atoms with Crippen LogP contribution in [0, 0.1) is 0 Å². The summed E-state index contributed by atoms with van der Waals surface area (Å²) < 4.78 is 42.0. The van der Waals surface area contributed by atoms with Gasteiger partial charge in [-0.15, -0.1) is 0 Å². The average molecular weight is 284 g/mol. The summed E-state index contributed by atoms with van der Waals surface area (Å²) in [5.74, 6) is -1.49. The van der Waals surface area contributed by atoms with Crippen LogP contribution >= 0.6 is 0 Å². The summed E-state index contributed by atoms with van der Waals surface area (Å²) in [5, 5.41) is 8.57. The molecule has 0 aromatic heterocycles. The van der Waals surface area contributed by atoms with Crippen LogP contribution in [0.5, 0.6) is 0 Å². The van der Waals surface area contributed by atoms with Gasteiger partial charge in [-0.05, 0) is 6.42 Å². The quantitative estimate of drug-likeness (QED) is 0.828. The van der Waals surface area contributed by atoms with E-state index < -0.39 is 31.3 Å². The highest BCUT2D eigenvalue weighted by atomic mass is 19.4. The minimum atomic E-state index is -4.63. The number of ether oxygens (including phenoxy) is 1. The zero-order chi connectivity index (χ0) is 14.6. The number of methoxy groups -OCH3 is 1. The predicted octanol–water partition coefficient (Wildman–Crippen LogP) is 0.776. The molecule has 19 heavy (non-hydrogen) atoms. The summed E-state index contributed by atoms with van der Waals surface area (Å²) in [6.45, 7) is -2.13. The molecule has 1 saturated heterocycles. The molecule has 0 bridgehead atoms. The Morgan fingerprint density at radius 3 is 2.53 bits per heavy atom. The van der Waals surface area contributed by atoms with Crippen LogP contribution in [-0.2, 0) is 9.53 Å². The minimum absolute atomic E-state index is 0.170. The number of carboxylic acid groups (broad SMARTS) is 1. The largest absolute Gasteiger partial charge is 0.480 e. The minimum Gasteiger partial charge on any atom is -0.480 e. The molecule has 9 heteroatoms. The molecule has 1 N–H and O–H groups in total. The van der Waals surface area contributed by atoms with Crippen molar-refractivity contribution in [2.75, 3.05) is 33.3 Å². The van der Waals surface area contributed by atoms with E-state index in [1.165, 1.54) is 12.0 Å². The number of aliphatic carboxylic acids is 1. The maximum atomic E-state index is 12.3. The van der Waals surface area contributed by atoms with Crippen molar-refractivity contribution in [2.45, 2.75) is 18.7 Å². The molecule has 0 saturated carbocycles. The molecule has 0 aromatic rings. The van der Waals surface area contributed by atoms with Crippen molar-refractivity contribution in [2.24, 2.45) is 0 Å². The van der Waals surface area contributed by atoms with Gasteiger partial charge in [-0.1, -0.05) is 0 Å². The first-order valence-electron chi connectivity index (χ1n) is 5.58. The number of carbonyl (C=O) groups excluding carboxylic acids is 1. The summed E-state index contributed by atoms with van der Waals surface area (Å²) in [7, 11) is 1.45. The molecule has 0 aromatic carbocycles. The summed E-state index contributed by atoms with van der Waals surface area (Å²) in [6.07, 6.45) is -4.33. The molecule has 0 spiro atoms. The predicted molar refractivity (Wildman–Crippen MR) is 57.6 cm³/mol. The lowest BCUT2D eigenvalue weighted by Gasteiger charge is -2.27. The molecule has 1 unspecified atom stereocenters. The van der Waals surface area contributed by atoms with Crippen molar-refractivity contribution < 1.29 is 32.6 Å². The molecule has 2 amide bonds. The van der Waals surface area contributed by atoms with Gasteiger partial charge in [-0.3, -0.25) is 4.79 Å². The van der Waals surface area contributed by atoms with Crippen LogP contribution in [0.4, 0.5) is 18.0 Å². The van der Waals surface area contributed by atoms with E-state index in [4.69, 9.17) is 9.84 Å². The number of halogens is 3. The van der Waals surface area contributed by atoms with Crippen LogP contribution in [0.3, 0.4) is 0 Å². The van der Waals surface area contributed by atoms with Crippen LogP contribution in [0.25, 0.3) is 0 Å². The van der Waals surface area contributed by atoms with E-state index in [-0.39, 0.29) is 24.1 Å². The van der Waals surface area contributed by atoms with E-state index in [1.54, 1.807) is 0 Å². The molecule has 1 rings (SSSR count). The zero-order valence-electron chi connectivity index (χ0n) is 10.3. The molecule has 1 aliphatic rings. The maximum absolute atomic E-state index is 12.3. The second-order valence-corrected chi connectivity index (χ2v) is 4.24. The van der Waals surface area contributed by atoms with E-state index in [0.717, 1.165) is 0 Å². The smallest absolute Gasteiger partial charge is 0.406 e. The first kappa shape index (κ1) is 15.5. The van der Waals surface area contributed by atoms with Crippen LogP contribution in [0.15, 0.2) is 0 Å². The van der Waals surface area contributed by atoms with Crippen molar-refractivity contribution in [1.82, 2.24) is 9.80 Å². The van der Waals surface area contributed by atoms with E-state index in [1.807, 2.05) is 0 Å². The van der Waals surface area contributed by atoms with Gasteiger partial charge >= 0.3 is 18.2 Å². The molecule has 1 atom stereocenters. The number of likely N-dealkylation sites (tertiary alicyclic amines) is 1. The second-order valence-electron chi connectivity index (χ2n) is 4.24. The first-order valence-corrected chi connectivity index (χ1v) is 5.58. The van der Waals surface area contributed by atoms with Crippen LogP contribution in [0.1, 0.15) is 6.42 Å². The van der Waals surface area contributed by atoms with Gasteiger partial charge in [-0.25, -0.2) is 4.79 Å². The fraction of sp³-hybridized carbons (Fsp3) is 0.800. The summed E-state index contributed by atoms with van der Waals surface area (Å²) in [6, 6.07) is -0.931. The Bertz CT molecular complexity index is 348. The molecular formula is C10H15F3N2O4. The lowest BCUT2D eigenvalue weighted by atomic mass is 10.3. The lowest BCUT2D eigenvalue weighted by molar-refractivity contribution is -0.149. The van der Waals surface area contributed by atoms with Gasteiger partial charge in [0.25, 0.3) is 0 Å². The molecule has 6 nitrogen and oxygen atoms in total. The van der Waals surface area contributed by atoms with Crippen molar-refractivity contribution in [3.8, 4) is 0 Å². The Kier molecular flexibility index (Phi) is 4.98. The first-order chi connectivity index (χ1) is 8.73. The van der Waals surface area contributed by atoms with E-state index in [0.29, 0.717) is 6.42 Å². The van der Waals surface area contributed by atoms with Crippen LogP contribution in [0.2, 0.25) is 0 Å². The van der Waals surface area contributed by atoms with Gasteiger partial charge in [0.2, 0.25) is 0 Å². The molecule has 0 aliphatic carbocycles. The average Bonchev–Trinajstić information content (AvgIpc) is 2.73. The highest BCUT2D eigenvalue weighted by Gasteiger charge is 2.37. The van der Waals surface area contributed by atoms with Gasteiger partial charge in [0.1, 0.15) is 13.1 Å². The number of carbonyl (C=O) groups is 2. The molecule has 1 aliphatic heterocycles. The number of alkyl halides is 3. The summed E-state index contributed by atoms with van der Waals surface area (Å²) in [5.41, 5.74) is 0. The number of carboxylic acids is 1. The van der Waals surface area contributed by atoms with Gasteiger partial charge in [0.15, 0.2) is 0 Å². The van der Waals surface area contributed by atoms with E-state index in [9.17, 15) is 22.8 Å². The Balaban J connectivity index is 2.69. The third-order valence-corrected chi connectivity index (χ3v) is 2.72. The molecular weight excluding hydrogens is 269 g/mol. The monoisotopic (exact) mass is 284 g/mol. The Morgan fingerprint density at radius 1 is 1.47 bits per heavy atom. The highest BCUT2D eigenvalue weighted by Crippen LogP contribution is 2.19. The van der Waals surface area contributed by atoms with Crippen molar-refractivity contribution >= 4 is 12.0 Å². The SMILES string of the molecule is COC1CCN(C(=O)N(CC(=O)O)CC(F)(F)F)C1. The fourth-order valence-corrected chi connectivity index (χ4v) is 1.87. The van der Waals surface area contributed by atoms with E-state index in [2.05, 4.69) is 0 Å². The number of urea groups is 1. The van der Waals surface area contributed by atoms with Gasteiger partial charge in [0.05, 0.1) is 6.10 Å².